The number of para-hydroxylation sites is 1. The third-order valence-electron chi connectivity index (χ3n) is 5.55. The third-order valence-corrected chi connectivity index (χ3v) is 7.46. The van der Waals surface area contributed by atoms with Gasteiger partial charge in [0.15, 0.2) is 0 Å². The number of rotatable bonds is 5. The molecule has 30 heavy (non-hydrogen) atoms. The molecule has 1 fully saturated rings. The van der Waals surface area contributed by atoms with E-state index in [1.165, 1.54) is 4.31 Å². The molecule has 1 aliphatic rings. The fourth-order valence-electron chi connectivity index (χ4n) is 3.86. The first-order valence-electron chi connectivity index (χ1n) is 10.1. The molecule has 0 radical (unpaired) electrons. The predicted octanol–water partition coefficient (Wildman–Crippen LogP) is 3.06. The highest BCUT2D eigenvalue weighted by Crippen LogP contribution is 2.22. The lowest BCUT2D eigenvalue weighted by molar-refractivity contribution is -0.121. The lowest BCUT2D eigenvalue weighted by Crippen LogP contribution is -2.46. The smallest absolute Gasteiger partial charge is 0.243 e. The monoisotopic (exact) mass is 423 g/mol. The summed E-state index contributed by atoms with van der Waals surface area (Å²) in [6, 6.07) is 16.6. The molecular weight excluding hydrogens is 398 g/mol. The SMILES string of the molecule is Cc1ccc(S(=O)(=O)N2CCC(NC(=O)Cc3cccc4cccnc34)CC2)cc1. The summed E-state index contributed by atoms with van der Waals surface area (Å²) in [5.74, 6) is -0.0620. The topological polar surface area (TPSA) is 79.4 Å². The number of piperidine rings is 1. The minimum Gasteiger partial charge on any atom is -0.353 e. The first kappa shape index (κ1) is 20.5. The van der Waals surface area contributed by atoms with Crippen LogP contribution in [0.25, 0.3) is 10.9 Å². The Kier molecular flexibility index (Phi) is 5.83. The molecule has 0 bridgehead atoms. The molecule has 0 atom stereocenters. The van der Waals surface area contributed by atoms with E-state index in [4.69, 9.17) is 0 Å². The lowest BCUT2D eigenvalue weighted by Gasteiger charge is -2.31. The summed E-state index contributed by atoms with van der Waals surface area (Å²) < 4.78 is 27.2. The number of hydrogen-bond acceptors (Lipinski definition) is 4. The summed E-state index contributed by atoms with van der Waals surface area (Å²) in [5.41, 5.74) is 2.76. The second kappa shape index (κ2) is 8.53. The molecule has 2 heterocycles. The zero-order chi connectivity index (χ0) is 21.1. The average Bonchev–Trinajstić information content (AvgIpc) is 2.75. The number of nitrogens with zero attached hydrogens (tertiary/aromatic N) is 2. The number of hydrogen-bond donors (Lipinski definition) is 1. The predicted molar refractivity (Wildman–Crippen MR) is 117 cm³/mol. The van der Waals surface area contributed by atoms with E-state index in [1.807, 2.05) is 49.4 Å². The highest BCUT2D eigenvalue weighted by atomic mass is 32.2. The van der Waals surface area contributed by atoms with Crippen molar-refractivity contribution in [3.8, 4) is 0 Å². The van der Waals surface area contributed by atoms with E-state index in [2.05, 4.69) is 10.3 Å². The molecule has 6 nitrogen and oxygen atoms in total. The second-order valence-electron chi connectivity index (χ2n) is 7.73. The maximum Gasteiger partial charge on any atom is 0.243 e. The van der Waals surface area contributed by atoms with Gasteiger partial charge in [0.05, 0.1) is 16.8 Å². The van der Waals surface area contributed by atoms with Gasteiger partial charge < -0.3 is 5.32 Å². The standard InChI is InChI=1S/C23H25N3O3S/c1-17-7-9-21(10-8-17)30(28,29)26-14-11-20(12-15-26)25-22(27)16-19-5-2-4-18-6-3-13-24-23(18)19/h2-10,13,20H,11-12,14-16H2,1H3,(H,25,27). The van der Waals surface area contributed by atoms with Gasteiger partial charge in [-0.25, -0.2) is 8.42 Å². The number of benzene rings is 2. The zero-order valence-electron chi connectivity index (χ0n) is 16.9. The number of aromatic nitrogens is 1. The molecule has 1 saturated heterocycles. The highest BCUT2D eigenvalue weighted by molar-refractivity contribution is 7.89. The van der Waals surface area contributed by atoms with E-state index in [9.17, 15) is 13.2 Å². The van der Waals surface area contributed by atoms with Crippen molar-refractivity contribution < 1.29 is 13.2 Å². The summed E-state index contributed by atoms with van der Waals surface area (Å²) in [5, 5.41) is 4.07. The Hall–Kier alpha value is -2.77. The van der Waals surface area contributed by atoms with Crippen LogP contribution in [-0.2, 0) is 21.2 Å². The van der Waals surface area contributed by atoms with Crippen molar-refractivity contribution in [1.29, 1.82) is 0 Å². The van der Waals surface area contributed by atoms with Crippen LogP contribution in [0.5, 0.6) is 0 Å². The van der Waals surface area contributed by atoms with Gasteiger partial charge in [0, 0.05) is 30.7 Å². The van der Waals surface area contributed by atoms with E-state index in [-0.39, 0.29) is 18.4 Å². The van der Waals surface area contributed by atoms with E-state index < -0.39 is 10.0 Å². The minimum absolute atomic E-state index is 0.0232. The summed E-state index contributed by atoms with van der Waals surface area (Å²) >= 11 is 0. The average molecular weight is 424 g/mol. The van der Waals surface area contributed by atoms with Gasteiger partial charge in [-0.2, -0.15) is 4.31 Å². The van der Waals surface area contributed by atoms with E-state index in [0.717, 1.165) is 22.0 Å². The molecule has 0 saturated carbocycles. The van der Waals surface area contributed by atoms with Crippen molar-refractivity contribution in [3.63, 3.8) is 0 Å². The van der Waals surface area contributed by atoms with Gasteiger partial charge in [0.25, 0.3) is 0 Å². The van der Waals surface area contributed by atoms with Crippen LogP contribution in [0.3, 0.4) is 0 Å². The largest absolute Gasteiger partial charge is 0.353 e. The Bertz CT molecular complexity index is 1150. The first-order chi connectivity index (χ1) is 14.4. The van der Waals surface area contributed by atoms with Crippen molar-refractivity contribution in [3.05, 3.63) is 71.9 Å². The van der Waals surface area contributed by atoms with Gasteiger partial charge in [-0.1, -0.05) is 42.0 Å². The van der Waals surface area contributed by atoms with Crippen molar-refractivity contribution in [2.24, 2.45) is 0 Å². The number of carbonyl (C=O) groups excluding carboxylic acids is 1. The number of carbonyl (C=O) groups is 1. The van der Waals surface area contributed by atoms with Crippen LogP contribution in [-0.4, -0.2) is 42.7 Å². The maximum absolute atomic E-state index is 12.8. The van der Waals surface area contributed by atoms with Gasteiger partial charge in [-0.3, -0.25) is 9.78 Å². The highest BCUT2D eigenvalue weighted by Gasteiger charge is 2.29. The normalized spacial score (nSPS) is 15.9. The quantitative estimate of drug-likeness (QED) is 0.684. The van der Waals surface area contributed by atoms with Crippen molar-refractivity contribution in [2.45, 2.75) is 37.1 Å². The molecule has 1 aliphatic heterocycles. The van der Waals surface area contributed by atoms with Crippen LogP contribution >= 0.6 is 0 Å². The Balaban J connectivity index is 1.35. The number of amides is 1. The third kappa shape index (κ3) is 4.37. The van der Waals surface area contributed by atoms with Crippen LogP contribution in [0.4, 0.5) is 0 Å². The number of fused-ring (bicyclic) bond motifs is 1. The maximum atomic E-state index is 12.8. The molecule has 4 rings (SSSR count). The fourth-order valence-corrected chi connectivity index (χ4v) is 5.33. The van der Waals surface area contributed by atoms with Crippen LogP contribution in [0.2, 0.25) is 0 Å². The van der Waals surface area contributed by atoms with Gasteiger partial charge in [-0.05, 0) is 43.5 Å². The second-order valence-corrected chi connectivity index (χ2v) is 9.67. The van der Waals surface area contributed by atoms with E-state index >= 15 is 0 Å². The van der Waals surface area contributed by atoms with Crippen molar-refractivity contribution in [2.75, 3.05) is 13.1 Å². The van der Waals surface area contributed by atoms with E-state index in [1.54, 1.807) is 18.3 Å². The van der Waals surface area contributed by atoms with Crippen LogP contribution in [0.15, 0.2) is 65.7 Å². The summed E-state index contributed by atoms with van der Waals surface area (Å²) in [6.45, 7) is 2.73. The van der Waals surface area contributed by atoms with E-state index in [0.29, 0.717) is 30.8 Å². The molecule has 0 unspecified atom stereocenters. The minimum atomic E-state index is -3.49. The molecular formula is C23H25N3O3S. The molecule has 1 N–H and O–H groups in total. The Morgan fingerprint density at radius 1 is 1.07 bits per heavy atom. The summed E-state index contributed by atoms with van der Waals surface area (Å²) in [7, 11) is -3.49. The lowest BCUT2D eigenvalue weighted by atomic mass is 10.0. The van der Waals surface area contributed by atoms with Gasteiger partial charge >= 0.3 is 0 Å². The first-order valence-corrected chi connectivity index (χ1v) is 11.6. The van der Waals surface area contributed by atoms with Gasteiger partial charge in [-0.15, -0.1) is 0 Å². The van der Waals surface area contributed by atoms with Crippen LogP contribution in [0.1, 0.15) is 24.0 Å². The molecule has 1 amide bonds. The molecule has 0 aliphatic carbocycles. The van der Waals surface area contributed by atoms with Crippen molar-refractivity contribution >= 4 is 26.8 Å². The Morgan fingerprint density at radius 3 is 2.50 bits per heavy atom. The van der Waals surface area contributed by atoms with Gasteiger partial charge in [0.1, 0.15) is 0 Å². The summed E-state index contributed by atoms with van der Waals surface area (Å²) in [4.78, 5) is 17.3. The number of sulfonamides is 1. The summed E-state index contributed by atoms with van der Waals surface area (Å²) in [6.07, 6.45) is 3.19. The van der Waals surface area contributed by atoms with Crippen LogP contribution < -0.4 is 5.32 Å². The number of pyridine rings is 1. The Morgan fingerprint density at radius 2 is 1.77 bits per heavy atom. The molecule has 1 aromatic heterocycles. The Labute approximate surface area is 177 Å². The molecule has 0 spiro atoms. The van der Waals surface area contributed by atoms with Crippen molar-refractivity contribution in [1.82, 2.24) is 14.6 Å². The zero-order valence-corrected chi connectivity index (χ0v) is 17.7. The van der Waals surface area contributed by atoms with Gasteiger partial charge in [0.2, 0.25) is 15.9 Å². The number of aryl methyl sites for hydroxylation is 1. The molecule has 156 valence electrons. The molecule has 3 aromatic rings. The molecule has 7 heteroatoms. The number of nitrogens with one attached hydrogen (secondary N) is 1. The fraction of sp³-hybridized carbons (Fsp3) is 0.304. The van der Waals surface area contributed by atoms with Crippen LogP contribution in [0, 0.1) is 6.92 Å². The molecule has 2 aromatic carbocycles.